The van der Waals surface area contributed by atoms with E-state index in [4.69, 9.17) is 9.47 Å². The van der Waals surface area contributed by atoms with Crippen molar-refractivity contribution in [3.05, 3.63) is 135 Å². The van der Waals surface area contributed by atoms with Crippen LogP contribution in [0.5, 0.6) is 5.75 Å². The maximum Gasteiger partial charge on any atom is 0.338 e. The maximum absolute atomic E-state index is 14.1. The Hall–Kier alpha value is -4.42. The Morgan fingerprint density at radius 1 is 1.19 bits per heavy atom. The highest BCUT2D eigenvalue weighted by atomic mass is 79.9. The monoisotopic (exact) mass is 651 g/mol. The standard InChI is InChI=1S/C30H23BrFN3O6S/c1-3-22-25(29(37)40-2)26(18-9-5-4-6-10-18)34-28(36)24(42-30(34)33-22)15-17-13-20(31)27(23(14-17)35(38)39)41-16-19-11-7-8-12-21(19)32/h4-15,26H,3,16H2,1-2H3/b24-15+/t26-/m1/s1. The van der Waals surface area contributed by atoms with Crippen LogP contribution < -0.4 is 19.6 Å². The van der Waals surface area contributed by atoms with Crippen LogP contribution in [-0.2, 0) is 16.1 Å². The van der Waals surface area contributed by atoms with Crippen LogP contribution in [0, 0.1) is 15.9 Å². The summed E-state index contributed by atoms with van der Waals surface area (Å²) in [4.78, 5) is 43.1. The third-order valence-electron chi connectivity index (χ3n) is 6.64. The van der Waals surface area contributed by atoms with E-state index in [-0.39, 0.29) is 38.2 Å². The molecule has 0 fully saturated rings. The minimum absolute atomic E-state index is 0.0683. The second-order valence-electron chi connectivity index (χ2n) is 9.19. The summed E-state index contributed by atoms with van der Waals surface area (Å²) < 4.78 is 26.8. The lowest BCUT2D eigenvalue weighted by Gasteiger charge is -2.25. The number of aromatic nitrogens is 1. The topological polar surface area (TPSA) is 113 Å². The number of halogens is 2. The molecule has 5 rings (SSSR count). The Bertz CT molecular complexity index is 1920. The fourth-order valence-corrected chi connectivity index (χ4v) is 6.29. The molecule has 0 unspecified atom stereocenters. The summed E-state index contributed by atoms with van der Waals surface area (Å²) >= 11 is 4.45. The molecule has 1 aliphatic rings. The van der Waals surface area contributed by atoms with Crippen molar-refractivity contribution in [1.29, 1.82) is 0 Å². The van der Waals surface area contributed by atoms with E-state index in [0.29, 0.717) is 28.0 Å². The zero-order valence-corrected chi connectivity index (χ0v) is 24.8. The SMILES string of the molecule is CCC1=C(C(=O)OC)[C@@H](c2ccccc2)n2c(s/c(=C/c3cc(Br)c(OCc4ccccc4F)c([N+](=O)[O-])c3)c2=O)=N1. The molecule has 0 N–H and O–H groups in total. The number of methoxy groups -OCH3 is 1. The van der Waals surface area contributed by atoms with Crippen molar-refractivity contribution in [2.45, 2.75) is 26.0 Å². The van der Waals surface area contributed by atoms with E-state index in [1.54, 1.807) is 12.1 Å². The number of hydrogen-bond acceptors (Lipinski definition) is 8. The third-order valence-corrected chi connectivity index (χ3v) is 8.21. The van der Waals surface area contributed by atoms with Gasteiger partial charge in [0.25, 0.3) is 5.56 Å². The van der Waals surface area contributed by atoms with Gasteiger partial charge in [0.1, 0.15) is 12.4 Å². The van der Waals surface area contributed by atoms with Crippen molar-refractivity contribution >= 4 is 45.0 Å². The van der Waals surface area contributed by atoms with E-state index in [1.807, 2.05) is 37.3 Å². The molecule has 0 spiro atoms. The molecule has 4 aromatic rings. The van der Waals surface area contributed by atoms with Crippen LogP contribution >= 0.6 is 27.3 Å². The molecule has 214 valence electrons. The highest BCUT2D eigenvalue weighted by molar-refractivity contribution is 9.10. The Morgan fingerprint density at radius 2 is 1.90 bits per heavy atom. The summed E-state index contributed by atoms with van der Waals surface area (Å²) in [5.41, 5.74) is 1.33. The molecule has 0 radical (unpaired) electrons. The van der Waals surface area contributed by atoms with Crippen molar-refractivity contribution in [3.8, 4) is 5.75 Å². The van der Waals surface area contributed by atoms with Gasteiger partial charge in [-0.2, -0.15) is 0 Å². The summed E-state index contributed by atoms with van der Waals surface area (Å²) in [7, 11) is 1.28. The maximum atomic E-state index is 14.1. The summed E-state index contributed by atoms with van der Waals surface area (Å²) in [5.74, 6) is -1.14. The molecule has 1 atom stereocenters. The number of benzene rings is 3. The molecule has 0 aliphatic carbocycles. The van der Waals surface area contributed by atoms with Crippen molar-refractivity contribution in [2.75, 3.05) is 7.11 Å². The lowest BCUT2D eigenvalue weighted by molar-refractivity contribution is -0.386. The number of nitro benzene ring substituents is 1. The number of esters is 1. The van der Waals surface area contributed by atoms with E-state index in [9.17, 15) is 24.1 Å². The second kappa shape index (κ2) is 12.2. The second-order valence-corrected chi connectivity index (χ2v) is 11.1. The van der Waals surface area contributed by atoms with E-state index in [1.165, 1.54) is 42.0 Å². The lowest BCUT2D eigenvalue weighted by Crippen LogP contribution is -2.40. The first-order valence-electron chi connectivity index (χ1n) is 12.8. The smallest absolute Gasteiger partial charge is 0.338 e. The summed E-state index contributed by atoms with van der Waals surface area (Å²) in [5, 5.41) is 12.0. The molecule has 0 saturated carbocycles. The number of hydrogen-bond donors (Lipinski definition) is 0. The predicted octanol–water partition coefficient (Wildman–Crippen LogP) is 5.19. The van der Waals surface area contributed by atoms with Crippen molar-refractivity contribution < 1.29 is 23.6 Å². The Kier molecular flexibility index (Phi) is 8.46. The first-order chi connectivity index (χ1) is 20.2. The van der Waals surface area contributed by atoms with Gasteiger partial charge in [-0.3, -0.25) is 19.5 Å². The van der Waals surface area contributed by atoms with Gasteiger partial charge in [-0.05, 0) is 51.7 Å². The fraction of sp³-hybridized carbons (Fsp3) is 0.167. The van der Waals surface area contributed by atoms with Crippen LogP contribution in [0.15, 0.2) is 92.3 Å². The summed E-state index contributed by atoms with van der Waals surface area (Å²) in [6.07, 6.45) is 1.96. The van der Waals surface area contributed by atoms with Gasteiger partial charge >= 0.3 is 11.7 Å². The molecule has 42 heavy (non-hydrogen) atoms. The normalized spacial score (nSPS) is 14.8. The Morgan fingerprint density at radius 3 is 2.57 bits per heavy atom. The minimum Gasteiger partial charge on any atom is -0.481 e. The van der Waals surface area contributed by atoms with Crippen molar-refractivity contribution in [1.82, 2.24) is 4.57 Å². The molecular weight excluding hydrogens is 629 g/mol. The van der Waals surface area contributed by atoms with Crippen LogP contribution in [0.3, 0.4) is 0 Å². The number of ether oxygens (including phenoxy) is 2. The average Bonchev–Trinajstić information content (AvgIpc) is 3.30. The first-order valence-corrected chi connectivity index (χ1v) is 14.4. The lowest BCUT2D eigenvalue weighted by atomic mass is 9.95. The molecule has 1 aromatic heterocycles. The largest absolute Gasteiger partial charge is 0.481 e. The van der Waals surface area contributed by atoms with E-state index in [2.05, 4.69) is 20.9 Å². The third kappa shape index (κ3) is 5.55. The van der Waals surface area contributed by atoms with Gasteiger partial charge < -0.3 is 9.47 Å². The molecule has 0 amide bonds. The minimum atomic E-state index is -0.762. The highest BCUT2D eigenvalue weighted by Crippen LogP contribution is 2.37. The van der Waals surface area contributed by atoms with E-state index in [0.717, 1.165) is 11.3 Å². The number of allylic oxidation sites excluding steroid dienone is 1. The van der Waals surface area contributed by atoms with Crippen molar-refractivity contribution in [2.24, 2.45) is 4.99 Å². The zero-order valence-electron chi connectivity index (χ0n) is 22.4. The molecule has 12 heteroatoms. The number of carbonyl (C=O) groups is 1. The average molecular weight is 652 g/mol. The van der Waals surface area contributed by atoms with Gasteiger partial charge in [-0.15, -0.1) is 0 Å². The molecular formula is C30H23BrFN3O6S. The van der Waals surface area contributed by atoms with Gasteiger partial charge in [-0.1, -0.05) is 66.8 Å². The summed E-state index contributed by atoms with van der Waals surface area (Å²) in [6.45, 7) is 1.65. The number of carbonyl (C=O) groups excluding carboxylic acids is 1. The molecule has 3 aromatic carbocycles. The molecule has 9 nitrogen and oxygen atoms in total. The van der Waals surface area contributed by atoms with Crippen LogP contribution in [0.2, 0.25) is 0 Å². The number of nitro groups is 1. The van der Waals surface area contributed by atoms with Crippen molar-refractivity contribution in [3.63, 3.8) is 0 Å². The first kappa shape index (κ1) is 29.1. The molecule has 0 saturated heterocycles. The van der Waals surface area contributed by atoms with Gasteiger partial charge in [-0.25, -0.2) is 14.2 Å². The Balaban J connectivity index is 1.62. The zero-order chi connectivity index (χ0) is 30.0. The Labute approximate surface area is 251 Å². The van der Waals surface area contributed by atoms with Gasteiger partial charge in [0.05, 0.1) is 38.4 Å². The number of nitrogens with zero attached hydrogens (tertiary/aromatic N) is 3. The van der Waals surface area contributed by atoms with E-state index >= 15 is 0 Å². The fourth-order valence-electron chi connectivity index (χ4n) is 4.69. The van der Waals surface area contributed by atoms with Gasteiger partial charge in [0.15, 0.2) is 4.80 Å². The molecule has 0 bridgehead atoms. The van der Waals surface area contributed by atoms with Crippen LogP contribution in [-0.4, -0.2) is 22.6 Å². The van der Waals surface area contributed by atoms with Gasteiger partial charge in [0.2, 0.25) is 5.75 Å². The van der Waals surface area contributed by atoms with Crippen LogP contribution in [0.4, 0.5) is 10.1 Å². The predicted molar refractivity (Wildman–Crippen MR) is 158 cm³/mol. The molecule has 2 heterocycles. The number of rotatable bonds is 8. The van der Waals surface area contributed by atoms with Gasteiger partial charge in [0, 0.05) is 11.6 Å². The molecule has 1 aliphatic heterocycles. The van der Waals surface area contributed by atoms with E-state index < -0.39 is 28.3 Å². The number of fused-ring (bicyclic) bond motifs is 1. The van der Waals surface area contributed by atoms with Crippen LogP contribution in [0.1, 0.15) is 36.1 Å². The van der Waals surface area contributed by atoms with Crippen LogP contribution in [0.25, 0.3) is 6.08 Å². The number of thiazole rings is 1. The quantitative estimate of drug-likeness (QED) is 0.147. The summed E-state index contributed by atoms with van der Waals surface area (Å²) in [6, 6.07) is 17.2. The highest BCUT2D eigenvalue weighted by Gasteiger charge is 2.33.